The van der Waals surface area contributed by atoms with Gasteiger partial charge < -0.3 is 15.8 Å². The van der Waals surface area contributed by atoms with Gasteiger partial charge in [-0.1, -0.05) is 24.6 Å². The molecule has 4 heterocycles. The van der Waals surface area contributed by atoms with Gasteiger partial charge in [0.1, 0.15) is 5.52 Å². The summed E-state index contributed by atoms with van der Waals surface area (Å²) < 4.78 is 46.7. The second-order valence-electron chi connectivity index (χ2n) is 8.32. The summed E-state index contributed by atoms with van der Waals surface area (Å²) in [6, 6.07) is 3.12. The molecule has 0 aliphatic carbocycles. The smallest absolute Gasteiger partial charge is 0.253 e. The highest BCUT2D eigenvalue weighted by atomic mass is 32.2. The standard InChI is InChI=1S/C23H22F3N7OS/c1-5-8-34-16-11-29-17-15(32-16)6-7-28-19(17)31-13-9-14(18(24)30-10-13)22(3)12(2)23(4,20(25)26)35-21(27)33-22/h1,6-7,9-12,20H,8H2,2-4H3,(H2,27,33)(H,28,31)/t12-,22-,23-/m0/s1. The van der Waals surface area contributed by atoms with E-state index >= 15 is 0 Å². The van der Waals surface area contributed by atoms with Gasteiger partial charge in [0, 0.05) is 17.7 Å². The van der Waals surface area contributed by atoms with Crippen LogP contribution in [-0.2, 0) is 5.54 Å². The van der Waals surface area contributed by atoms with Gasteiger partial charge in [0.2, 0.25) is 11.8 Å². The number of halogens is 3. The maximum Gasteiger partial charge on any atom is 0.253 e. The average molecular weight is 502 g/mol. The van der Waals surface area contributed by atoms with Gasteiger partial charge in [-0.2, -0.15) is 4.39 Å². The minimum Gasteiger partial charge on any atom is -0.463 e. The lowest BCUT2D eigenvalue weighted by Crippen LogP contribution is -2.52. The Morgan fingerprint density at radius 1 is 1.29 bits per heavy atom. The number of alkyl halides is 2. The maximum absolute atomic E-state index is 15.0. The van der Waals surface area contributed by atoms with Gasteiger partial charge in [-0.05, 0) is 26.0 Å². The van der Waals surface area contributed by atoms with E-state index in [4.69, 9.17) is 16.9 Å². The van der Waals surface area contributed by atoms with E-state index < -0.39 is 28.6 Å². The molecule has 3 aromatic rings. The lowest BCUT2D eigenvalue weighted by atomic mass is 9.74. The van der Waals surface area contributed by atoms with E-state index in [0.29, 0.717) is 22.5 Å². The van der Waals surface area contributed by atoms with Gasteiger partial charge in [-0.15, -0.1) is 6.42 Å². The number of terminal acetylenes is 1. The molecule has 0 amide bonds. The number of nitrogens with zero attached hydrogens (tertiary/aromatic N) is 5. The van der Waals surface area contributed by atoms with Crippen molar-refractivity contribution < 1.29 is 17.9 Å². The lowest BCUT2D eigenvalue weighted by molar-refractivity contribution is 0.0571. The van der Waals surface area contributed by atoms with Gasteiger partial charge in [-0.25, -0.2) is 28.7 Å². The molecule has 3 atom stereocenters. The summed E-state index contributed by atoms with van der Waals surface area (Å²) in [4.78, 5) is 21.2. The number of aliphatic imine (C=N–C) groups is 1. The zero-order valence-corrected chi connectivity index (χ0v) is 19.9. The van der Waals surface area contributed by atoms with Crippen LogP contribution in [-0.4, -0.2) is 42.9 Å². The maximum atomic E-state index is 15.0. The molecule has 0 radical (unpaired) electrons. The summed E-state index contributed by atoms with van der Waals surface area (Å²) in [6.45, 7) is 4.64. The molecule has 3 aromatic heterocycles. The molecular weight excluding hydrogens is 479 g/mol. The highest BCUT2D eigenvalue weighted by molar-refractivity contribution is 8.15. The van der Waals surface area contributed by atoms with E-state index in [1.165, 1.54) is 31.6 Å². The molecule has 0 saturated heterocycles. The predicted molar refractivity (Wildman–Crippen MR) is 129 cm³/mol. The topological polar surface area (TPSA) is 111 Å². The van der Waals surface area contributed by atoms with Crippen LogP contribution in [0.2, 0.25) is 0 Å². The third kappa shape index (κ3) is 4.43. The van der Waals surface area contributed by atoms with Crippen molar-refractivity contribution in [2.24, 2.45) is 16.6 Å². The Balaban J connectivity index is 1.72. The fourth-order valence-corrected chi connectivity index (χ4v) is 5.14. The van der Waals surface area contributed by atoms with Gasteiger partial charge in [0.05, 0.1) is 33.9 Å². The summed E-state index contributed by atoms with van der Waals surface area (Å²) >= 11 is 0.795. The van der Waals surface area contributed by atoms with Crippen LogP contribution in [0.15, 0.2) is 35.7 Å². The number of nitrogens with one attached hydrogen (secondary N) is 1. The molecule has 0 spiro atoms. The molecule has 0 fully saturated rings. The minimum atomic E-state index is -2.71. The highest BCUT2D eigenvalue weighted by Gasteiger charge is 2.54. The largest absolute Gasteiger partial charge is 0.463 e. The van der Waals surface area contributed by atoms with E-state index in [1.807, 2.05) is 0 Å². The Bertz CT molecular complexity index is 1350. The quantitative estimate of drug-likeness (QED) is 0.381. The Morgan fingerprint density at radius 2 is 2.06 bits per heavy atom. The molecule has 0 aromatic carbocycles. The number of ether oxygens (including phenoxy) is 1. The van der Waals surface area contributed by atoms with Crippen molar-refractivity contribution in [3.05, 3.63) is 42.2 Å². The first-order valence-corrected chi connectivity index (χ1v) is 11.3. The number of amidine groups is 1. The molecule has 0 unspecified atom stereocenters. The van der Waals surface area contributed by atoms with Gasteiger partial charge >= 0.3 is 0 Å². The minimum absolute atomic E-state index is 0.0291. The molecule has 0 bridgehead atoms. The van der Waals surface area contributed by atoms with Crippen molar-refractivity contribution in [3.63, 3.8) is 0 Å². The van der Waals surface area contributed by atoms with Gasteiger partial charge in [0.15, 0.2) is 17.6 Å². The van der Waals surface area contributed by atoms with E-state index in [1.54, 1.807) is 19.9 Å². The Morgan fingerprint density at radius 3 is 2.77 bits per heavy atom. The Labute approximate surface area is 204 Å². The molecule has 1 aliphatic heterocycles. The predicted octanol–water partition coefficient (Wildman–Crippen LogP) is 4.25. The van der Waals surface area contributed by atoms with Crippen molar-refractivity contribution in [1.29, 1.82) is 0 Å². The molecule has 35 heavy (non-hydrogen) atoms. The second-order valence-corrected chi connectivity index (χ2v) is 9.82. The van der Waals surface area contributed by atoms with Crippen molar-refractivity contribution in [3.8, 4) is 18.2 Å². The molecular formula is C23H22F3N7OS. The number of rotatable bonds is 6. The van der Waals surface area contributed by atoms with E-state index in [9.17, 15) is 13.2 Å². The number of anilines is 2. The molecule has 182 valence electrons. The number of nitrogens with two attached hydrogens (primary N) is 1. The van der Waals surface area contributed by atoms with Crippen molar-refractivity contribution in [2.75, 3.05) is 11.9 Å². The molecule has 3 N–H and O–H groups in total. The van der Waals surface area contributed by atoms with Crippen LogP contribution in [0.4, 0.5) is 24.7 Å². The third-order valence-corrected chi connectivity index (χ3v) is 7.46. The Hall–Kier alpha value is -3.59. The molecule has 12 heteroatoms. The van der Waals surface area contributed by atoms with Crippen LogP contribution in [0, 0.1) is 24.2 Å². The van der Waals surface area contributed by atoms with E-state index in [-0.39, 0.29) is 23.2 Å². The number of hydrogen-bond donors (Lipinski definition) is 2. The number of thioether (sulfide) groups is 1. The van der Waals surface area contributed by atoms with Crippen LogP contribution in [0.5, 0.6) is 5.88 Å². The highest BCUT2D eigenvalue weighted by Crippen LogP contribution is 2.52. The summed E-state index contributed by atoms with van der Waals surface area (Å²) in [5.41, 5.74) is 5.83. The van der Waals surface area contributed by atoms with Crippen LogP contribution >= 0.6 is 11.8 Å². The zero-order valence-electron chi connectivity index (χ0n) is 19.1. The van der Waals surface area contributed by atoms with Gasteiger partial charge in [-0.3, -0.25) is 4.99 Å². The number of hydrogen-bond acceptors (Lipinski definition) is 9. The second kappa shape index (κ2) is 9.22. The first-order chi connectivity index (χ1) is 16.6. The monoisotopic (exact) mass is 501 g/mol. The van der Waals surface area contributed by atoms with Crippen molar-refractivity contribution in [2.45, 2.75) is 37.5 Å². The SMILES string of the molecule is C#CCOc1cnc2c(Nc3cnc(F)c([C@@]4(C)N=C(N)S[C@](C)(C(F)F)[C@H]4C)c3)nccc2n1. The molecule has 1 aliphatic rings. The first-order valence-electron chi connectivity index (χ1n) is 10.5. The summed E-state index contributed by atoms with van der Waals surface area (Å²) in [5.74, 6) is 1.34. The van der Waals surface area contributed by atoms with Crippen molar-refractivity contribution >= 4 is 39.5 Å². The van der Waals surface area contributed by atoms with Crippen LogP contribution in [0.3, 0.4) is 0 Å². The van der Waals surface area contributed by atoms with Gasteiger partial charge in [0.25, 0.3) is 6.43 Å². The van der Waals surface area contributed by atoms with E-state index in [2.05, 4.69) is 36.2 Å². The molecule has 8 nitrogen and oxygen atoms in total. The third-order valence-electron chi connectivity index (χ3n) is 6.19. The molecule has 0 saturated carbocycles. The summed E-state index contributed by atoms with van der Waals surface area (Å²) in [6.07, 6.45) is 6.69. The number of fused-ring (bicyclic) bond motifs is 1. The first kappa shape index (κ1) is 24.5. The normalized spacial score (nSPS) is 24.2. The lowest BCUT2D eigenvalue weighted by Gasteiger charge is -2.46. The fourth-order valence-electron chi connectivity index (χ4n) is 3.96. The summed E-state index contributed by atoms with van der Waals surface area (Å²) in [5, 5.41) is 3.01. The van der Waals surface area contributed by atoms with Crippen LogP contribution in [0.1, 0.15) is 26.3 Å². The Kier molecular flexibility index (Phi) is 6.46. The van der Waals surface area contributed by atoms with E-state index in [0.717, 1.165) is 11.8 Å². The molecule has 4 rings (SSSR count). The van der Waals surface area contributed by atoms with Crippen LogP contribution < -0.4 is 15.8 Å². The van der Waals surface area contributed by atoms with Crippen LogP contribution in [0.25, 0.3) is 11.0 Å². The zero-order chi connectivity index (χ0) is 25.4. The fraction of sp³-hybridized carbons (Fsp3) is 0.348. The van der Waals surface area contributed by atoms with Crippen molar-refractivity contribution in [1.82, 2.24) is 19.9 Å². The number of aromatic nitrogens is 4. The summed E-state index contributed by atoms with van der Waals surface area (Å²) in [7, 11) is 0. The average Bonchev–Trinajstić information content (AvgIpc) is 2.82. The number of pyridine rings is 2.